The van der Waals surface area contributed by atoms with Gasteiger partial charge in [-0.3, -0.25) is 0 Å². The molecule has 2 rings (SSSR count). The number of halogens is 1. The highest BCUT2D eigenvalue weighted by Gasteiger charge is 2.06. The smallest absolute Gasteiger partial charge is 0.175 e. The fourth-order valence-electron chi connectivity index (χ4n) is 1.72. The van der Waals surface area contributed by atoms with E-state index in [0.717, 1.165) is 10.2 Å². The average molecular weight is 370 g/mol. The van der Waals surface area contributed by atoms with Crippen LogP contribution in [0, 0.1) is 0 Å². The van der Waals surface area contributed by atoms with E-state index in [1.165, 1.54) is 6.26 Å². The first-order valence-electron chi connectivity index (χ1n) is 6.37. The van der Waals surface area contributed by atoms with Crippen LogP contribution in [0.2, 0.25) is 0 Å². The molecule has 0 heterocycles. The van der Waals surface area contributed by atoms with E-state index in [-0.39, 0.29) is 0 Å². The molecule has 0 fully saturated rings. The number of benzene rings is 2. The molecule has 0 saturated carbocycles. The molecule has 0 atom stereocenters. The molecular weight excluding hydrogens is 354 g/mol. The number of sulfone groups is 1. The third-order valence-corrected chi connectivity index (χ3v) is 4.45. The van der Waals surface area contributed by atoms with Crippen LogP contribution in [-0.2, 0) is 9.84 Å². The van der Waals surface area contributed by atoms with E-state index in [2.05, 4.69) is 21.2 Å². The van der Waals surface area contributed by atoms with Crippen LogP contribution < -0.4 is 10.1 Å². The minimum absolute atomic E-state index is 0.294. The summed E-state index contributed by atoms with van der Waals surface area (Å²) in [6, 6.07) is 14.3. The van der Waals surface area contributed by atoms with E-state index in [1.807, 2.05) is 24.3 Å². The molecule has 2 aromatic carbocycles. The Morgan fingerprint density at radius 1 is 1.05 bits per heavy atom. The third kappa shape index (κ3) is 5.06. The van der Waals surface area contributed by atoms with Gasteiger partial charge in [0.15, 0.2) is 9.84 Å². The van der Waals surface area contributed by atoms with Gasteiger partial charge in [-0.1, -0.05) is 15.9 Å². The van der Waals surface area contributed by atoms with Crippen molar-refractivity contribution in [1.29, 1.82) is 0 Å². The highest BCUT2D eigenvalue weighted by molar-refractivity contribution is 9.10. The van der Waals surface area contributed by atoms with Crippen molar-refractivity contribution < 1.29 is 13.2 Å². The third-order valence-electron chi connectivity index (χ3n) is 2.80. The largest absolute Gasteiger partial charge is 0.492 e. The second-order valence-corrected chi connectivity index (χ2v) is 7.46. The zero-order valence-electron chi connectivity index (χ0n) is 11.5. The maximum absolute atomic E-state index is 11.3. The highest BCUT2D eigenvalue weighted by atomic mass is 79.9. The molecular formula is C15H16BrNO3S. The van der Waals surface area contributed by atoms with Crippen molar-refractivity contribution in [3.05, 3.63) is 53.0 Å². The molecule has 0 spiro atoms. The lowest BCUT2D eigenvalue weighted by Gasteiger charge is -2.09. The Morgan fingerprint density at radius 3 is 2.24 bits per heavy atom. The van der Waals surface area contributed by atoms with E-state index in [9.17, 15) is 8.42 Å². The Morgan fingerprint density at radius 2 is 1.67 bits per heavy atom. The molecule has 0 unspecified atom stereocenters. The summed E-state index contributed by atoms with van der Waals surface area (Å²) in [7, 11) is -3.16. The maximum Gasteiger partial charge on any atom is 0.175 e. The zero-order chi connectivity index (χ0) is 15.3. The van der Waals surface area contributed by atoms with Gasteiger partial charge in [-0.15, -0.1) is 0 Å². The first kappa shape index (κ1) is 15.9. The molecule has 0 amide bonds. The summed E-state index contributed by atoms with van der Waals surface area (Å²) >= 11 is 3.38. The predicted octanol–water partition coefficient (Wildman–Crippen LogP) is 3.34. The summed E-state index contributed by atoms with van der Waals surface area (Å²) in [5, 5.41) is 3.24. The standard InChI is InChI=1S/C15H16BrNO3S/c1-21(18,19)15-8-6-14(7-9-15)20-11-10-17-13-4-2-12(16)3-5-13/h2-9,17H,10-11H2,1H3. The van der Waals surface area contributed by atoms with Crippen molar-refractivity contribution in [2.45, 2.75) is 4.90 Å². The molecule has 0 saturated heterocycles. The fourth-order valence-corrected chi connectivity index (χ4v) is 2.61. The van der Waals surface area contributed by atoms with Gasteiger partial charge in [0.25, 0.3) is 0 Å². The first-order valence-corrected chi connectivity index (χ1v) is 9.06. The van der Waals surface area contributed by atoms with E-state index in [4.69, 9.17) is 4.74 Å². The van der Waals surface area contributed by atoms with Crippen LogP contribution in [0.1, 0.15) is 0 Å². The number of hydrogen-bond donors (Lipinski definition) is 1. The van der Waals surface area contributed by atoms with Crippen molar-refractivity contribution in [3.8, 4) is 5.75 Å². The molecule has 0 aliphatic carbocycles. The molecule has 0 radical (unpaired) electrons. The number of nitrogens with one attached hydrogen (secondary N) is 1. The monoisotopic (exact) mass is 369 g/mol. The molecule has 4 nitrogen and oxygen atoms in total. The van der Waals surface area contributed by atoms with Crippen LogP contribution in [0.3, 0.4) is 0 Å². The summed E-state index contributed by atoms with van der Waals surface area (Å²) in [6.07, 6.45) is 1.19. The lowest BCUT2D eigenvalue weighted by Crippen LogP contribution is -2.11. The topological polar surface area (TPSA) is 55.4 Å². The minimum atomic E-state index is -3.16. The van der Waals surface area contributed by atoms with Gasteiger partial charge in [-0.2, -0.15) is 0 Å². The van der Waals surface area contributed by atoms with Gasteiger partial charge >= 0.3 is 0 Å². The molecule has 0 aromatic heterocycles. The van der Waals surface area contributed by atoms with E-state index in [0.29, 0.717) is 23.8 Å². The van der Waals surface area contributed by atoms with Crippen molar-refractivity contribution in [1.82, 2.24) is 0 Å². The molecule has 0 aliphatic heterocycles. The summed E-state index contributed by atoms with van der Waals surface area (Å²) in [5.41, 5.74) is 1.02. The zero-order valence-corrected chi connectivity index (χ0v) is 13.9. The summed E-state index contributed by atoms with van der Waals surface area (Å²) in [4.78, 5) is 0.294. The van der Waals surface area contributed by atoms with Gasteiger partial charge in [0.2, 0.25) is 0 Å². The van der Waals surface area contributed by atoms with Crippen LogP contribution in [0.5, 0.6) is 5.75 Å². The molecule has 112 valence electrons. The van der Waals surface area contributed by atoms with Crippen molar-refractivity contribution in [2.75, 3.05) is 24.7 Å². The normalized spacial score (nSPS) is 11.1. The Kier molecular flexibility index (Phi) is 5.25. The van der Waals surface area contributed by atoms with Gasteiger partial charge in [0.1, 0.15) is 12.4 Å². The van der Waals surface area contributed by atoms with E-state index >= 15 is 0 Å². The van der Waals surface area contributed by atoms with Gasteiger partial charge in [-0.05, 0) is 48.5 Å². The van der Waals surface area contributed by atoms with Crippen molar-refractivity contribution >= 4 is 31.5 Å². The molecule has 0 bridgehead atoms. The number of anilines is 1. The quantitative estimate of drug-likeness (QED) is 0.793. The van der Waals surface area contributed by atoms with Crippen LogP contribution in [0.4, 0.5) is 5.69 Å². The fraction of sp³-hybridized carbons (Fsp3) is 0.200. The van der Waals surface area contributed by atoms with E-state index in [1.54, 1.807) is 24.3 Å². The van der Waals surface area contributed by atoms with E-state index < -0.39 is 9.84 Å². The Labute approximate surface area is 133 Å². The summed E-state index contributed by atoms with van der Waals surface area (Å²) in [6.45, 7) is 1.16. The SMILES string of the molecule is CS(=O)(=O)c1ccc(OCCNc2ccc(Br)cc2)cc1. The summed E-state index contributed by atoms with van der Waals surface area (Å²) < 4.78 is 29.3. The molecule has 1 N–H and O–H groups in total. The average Bonchev–Trinajstić information content (AvgIpc) is 2.45. The van der Waals surface area contributed by atoms with Gasteiger partial charge < -0.3 is 10.1 Å². The molecule has 21 heavy (non-hydrogen) atoms. The first-order chi connectivity index (χ1) is 9.95. The Hall–Kier alpha value is -1.53. The molecule has 2 aromatic rings. The van der Waals surface area contributed by atoms with Crippen LogP contribution in [-0.4, -0.2) is 27.8 Å². The molecule has 0 aliphatic rings. The number of rotatable bonds is 6. The van der Waals surface area contributed by atoms with Crippen LogP contribution in [0.25, 0.3) is 0 Å². The Balaban J connectivity index is 1.80. The van der Waals surface area contributed by atoms with Gasteiger partial charge in [0.05, 0.1) is 4.90 Å². The van der Waals surface area contributed by atoms with Crippen molar-refractivity contribution in [3.63, 3.8) is 0 Å². The lowest BCUT2D eigenvalue weighted by molar-refractivity contribution is 0.332. The highest BCUT2D eigenvalue weighted by Crippen LogP contribution is 2.16. The number of ether oxygens (including phenoxy) is 1. The van der Waals surface area contributed by atoms with Gasteiger partial charge in [0, 0.05) is 23.0 Å². The minimum Gasteiger partial charge on any atom is -0.492 e. The number of hydrogen-bond acceptors (Lipinski definition) is 4. The Bertz CT molecular complexity index is 682. The second-order valence-electron chi connectivity index (χ2n) is 4.53. The lowest BCUT2D eigenvalue weighted by atomic mass is 10.3. The van der Waals surface area contributed by atoms with Crippen molar-refractivity contribution in [2.24, 2.45) is 0 Å². The summed E-state index contributed by atoms with van der Waals surface area (Å²) in [5.74, 6) is 0.653. The maximum atomic E-state index is 11.3. The van der Waals surface area contributed by atoms with Gasteiger partial charge in [-0.25, -0.2) is 8.42 Å². The molecule has 6 heteroatoms. The van der Waals surface area contributed by atoms with Crippen LogP contribution >= 0.6 is 15.9 Å². The van der Waals surface area contributed by atoms with Crippen LogP contribution in [0.15, 0.2) is 57.9 Å². The second kappa shape index (κ2) is 6.95. The predicted molar refractivity (Wildman–Crippen MR) is 87.7 cm³/mol.